The van der Waals surface area contributed by atoms with Gasteiger partial charge in [0.2, 0.25) is 0 Å². The minimum atomic E-state index is -0.641. The zero-order valence-corrected chi connectivity index (χ0v) is 10.4. The van der Waals surface area contributed by atoms with Gasteiger partial charge in [-0.15, -0.1) is 0 Å². The Bertz CT molecular complexity index is 376. The fraction of sp³-hybridized carbons (Fsp3) is 0.533. The molecule has 1 saturated carbocycles. The molecular formula is C15H20O2. The molecule has 0 amide bonds. The number of carbonyl (C=O) groups is 1. The zero-order chi connectivity index (χ0) is 12.3. The molecule has 1 unspecified atom stereocenters. The Morgan fingerprint density at radius 3 is 2.47 bits per heavy atom. The molecule has 2 heteroatoms. The van der Waals surface area contributed by atoms with Gasteiger partial charge in [0.1, 0.15) is 0 Å². The van der Waals surface area contributed by atoms with Gasteiger partial charge in [-0.2, -0.15) is 0 Å². The molecule has 0 radical (unpaired) electrons. The molecular weight excluding hydrogens is 212 g/mol. The van der Waals surface area contributed by atoms with E-state index in [2.05, 4.69) is 12.1 Å². The lowest BCUT2D eigenvalue weighted by Gasteiger charge is -2.28. The molecule has 2 nitrogen and oxygen atoms in total. The number of hydrogen-bond acceptors (Lipinski definition) is 1. The van der Waals surface area contributed by atoms with Gasteiger partial charge >= 0.3 is 5.97 Å². The van der Waals surface area contributed by atoms with Crippen molar-refractivity contribution in [3.8, 4) is 0 Å². The van der Waals surface area contributed by atoms with Crippen LogP contribution in [0.5, 0.6) is 0 Å². The van der Waals surface area contributed by atoms with E-state index in [0.29, 0.717) is 12.3 Å². The minimum Gasteiger partial charge on any atom is -0.481 e. The average Bonchev–Trinajstić information content (AvgIpc) is 2.24. The lowest BCUT2D eigenvalue weighted by Crippen LogP contribution is -2.23. The topological polar surface area (TPSA) is 37.3 Å². The van der Waals surface area contributed by atoms with E-state index in [-0.39, 0.29) is 5.92 Å². The van der Waals surface area contributed by atoms with Crippen molar-refractivity contribution < 1.29 is 9.90 Å². The number of aliphatic carboxylic acids is 1. The highest BCUT2D eigenvalue weighted by Crippen LogP contribution is 2.33. The van der Waals surface area contributed by atoms with E-state index in [1.54, 1.807) is 0 Å². The van der Waals surface area contributed by atoms with Crippen molar-refractivity contribution in [2.45, 2.75) is 39.0 Å². The van der Waals surface area contributed by atoms with Gasteiger partial charge < -0.3 is 5.11 Å². The molecule has 0 heterocycles. The van der Waals surface area contributed by atoms with Crippen LogP contribution in [0.3, 0.4) is 0 Å². The zero-order valence-electron chi connectivity index (χ0n) is 10.4. The third kappa shape index (κ3) is 3.32. The van der Waals surface area contributed by atoms with Crippen molar-refractivity contribution in [3.05, 3.63) is 35.4 Å². The van der Waals surface area contributed by atoms with Crippen LogP contribution in [0.1, 0.15) is 36.8 Å². The number of benzene rings is 1. The number of rotatable bonds is 5. The Labute approximate surface area is 103 Å². The van der Waals surface area contributed by atoms with Crippen LogP contribution in [0.25, 0.3) is 0 Å². The van der Waals surface area contributed by atoms with E-state index < -0.39 is 5.97 Å². The second kappa shape index (κ2) is 5.35. The summed E-state index contributed by atoms with van der Waals surface area (Å²) in [6.45, 7) is 2.05. The van der Waals surface area contributed by atoms with Gasteiger partial charge in [-0.3, -0.25) is 4.79 Å². The molecule has 0 aromatic heterocycles. The Morgan fingerprint density at radius 1 is 1.35 bits per heavy atom. The molecule has 1 N–H and O–H groups in total. The third-order valence-corrected chi connectivity index (χ3v) is 3.79. The molecule has 17 heavy (non-hydrogen) atoms. The summed E-state index contributed by atoms with van der Waals surface area (Å²) in [4.78, 5) is 11.2. The first-order valence-corrected chi connectivity index (χ1v) is 6.43. The van der Waals surface area contributed by atoms with Crippen molar-refractivity contribution in [2.75, 3.05) is 0 Å². The highest BCUT2D eigenvalue weighted by atomic mass is 16.4. The predicted molar refractivity (Wildman–Crippen MR) is 68.0 cm³/mol. The van der Waals surface area contributed by atoms with Gasteiger partial charge in [-0.05, 0) is 31.2 Å². The molecule has 1 atom stereocenters. The first kappa shape index (κ1) is 12.2. The summed E-state index contributed by atoms with van der Waals surface area (Å²) < 4.78 is 0. The van der Waals surface area contributed by atoms with Crippen LogP contribution in [0.4, 0.5) is 0 Å². The molecule has 1 aliphatic rings. The van der Waals surface area contributed by atoms with E-state index in [4.69, 9.17) is 0 Å². The standard InChI is InChI=1S/C15H20O2/c1-11-5-7-13(8-6-11)10-14(15(16)17)9-12-3-2-4-12/h5-8,12,14H,2-4,9-10H2,1H3,(H,16,17). The van der Waals surface area contributed by atoms with Crippen LogP contribution in [-0.2, 0) is 11.2 Å². The van der Waals surface area contributed by atoms with Crippen molar-refractivity contribution in [1.82, 2.24) is 0 Å². The molecule has 1 aromatic carbocycles. The molecule has 1 aromatic rings. The highest BCUT2D eigenvalue weighted by Gasteiger charge is 2.26. The summed E-state index contributed by atoms with van der Waals surface area (Å²) in [7, 11) is 0. The van der Waals surface area contributed by atoms with Crippen LogP contribution in [0, 0.1) is 18.8 Å². The maximum absolute atomic E-state index is 11.2. The van der Waals surface area contributed by atoms with Crippen molar-refractivity contribution in [2.24, 2.45) is 11.8 Å². The summed E-state index contributed by atoms with van der Waals surface area (Å²) in [5.41, 5.74) is 2.36. The van der Waals surface area contributed by atoms with E-state index in [1.807, 2.05) is 19.1 Å². The number of carboxylic acid groups (broad SMARTS) is 1. The van der Waals surface area contributed by atoms with Gasteiger partial charge in [0.05, 0.1) is 5.92 Å². The molecule has 1 aliphatic carbocycles. The van der Waals surface area contributed by atoms with Gasteiger partial charge in [-0.1, -0.05) is 49.1 Å². The van der Waals surface area contributed by atoms with Crippen LogP contribution in [0.2, 0.25) is 0 Å². The molecule has 0 saturated heterocycles. The number of hydrogen-bond donors (Lipinski definition) is 1. The van der Waals surface area contributed by atoms with Gasteiger partial charge in [-0.25, -0.2) is 0 Å². The average molecular weight is 232 g/mol. The summed E-state index contributed by atoms with van der Waals surface area (Å²) in [5, 5.41) is 9.26. The molecule has 92 valence electrons. The van der Waals surface area contributed by atoms with Gasteiger partial charge in [0, 0.05) is 0 Å². The Morgan fingerprint density at radius 2 is 2.00 bits per heavy atom. The monoisotopic (exact) mass is 232 g/mol. The van der Waals surface area contributed by atoms with Gasteiger partial charge in [0.15, 0.2) is 0 Å². The molecule has 0 bridgehead atoms. The van der Waals surface area contributed by atoms with Crippen LogP contribution in [-0.4, -0.2) is 11.1 Å². The maximum Gasteiger partial charge on any atom is 0.306 e. The third-order valence-electron chi connectivity index (χ3n) is 3.79. The highest BCUT2D eigenvalue weighted by molar-refractivity contribution is 5.70. The van der Waals surface area contributed by atoms with Crippen LogP contribution >= 0.6 is 0 Å². The predicted octanol–water partition coefficient (Wildman–Crippen LogP) is 3.43. The SMILES string of the molecule is Cc1ccc(CC(CC2CCC2)C(=O)O)cc1. The second-order valence-electron chi connectivity index (χ2n) is 5.26. The Hall–Kier alpha value is -1.31. The largest absolute Gasteiger partial charge is 0.481 e. The minimum absolute atomic E-state index is 0.206. The van der Waals surface area contributed by atoms with E-state index in [0.717, 1.165) is 12.0 Å². The number of aryl methyl sites for hydroxylation is 1. The molecule has 0 spiro atoms. The second-order valence-corrected chi connectivity index (χ2v) is 5.26. The lowest BCUT2D eigenvalue weighted by molar-refractivity contribution is -0.142. The van der Waals surface area contributed by atoms with Crippen LogP contribution < -0.4 is 0 Å². The van der Waals surface area contributed by atoms with E-state index in [9.17, 15) is 9.90 Å². The van der Waals surface area contributed by atoms with Crippen molar-refractivity contribution in [3.63, 3.8) is 0 Å². The molecule has 0 aliphatic heterocycles. The lowest BCUT2D eigenvalue weighted by atomic mass is 9.77. The maximum atomic E-state index is 11.2. The van der Waals surface area contributed by atoms with Crippen molar-refractivity contribution >= 4 is 5.97 Å². The smallest absolute Gasteiger partial charge is 0.306 e. The van der Waals surface area contributed by atoms with Crippen LogP contribution in [0.15, 0.2) is 24.3 Å². The number of carboxylic acids is 1. The first-order chi connectivity index (χ1) is 8.15. The summed E-state index contributed by atoms with van der Waals surface area (Å²) in [5.74, 6) is -0.193. The fourth-order valence-electron chi connectivity index (χ4n) is 2.41. The van der Waals surface area contributed by atoms with Crippen molar-refractivity contribution in [1.29, 1.82) is 0 Å². The summed E-state index contributed by atoms with van der Waals surface area (Å²) in [6.07, 6.45) is 5.24. The van der Waals surface area contributed by atoms with E-state index in [1.165, 1.54) is 24.8 Å². The molecule has 2 rings (SSSR count). The van der Waals surface area contributed by atoms with Gasteiger partial charge in [0.25, 0.3) is 0 Å². The summed E-state index contributed by atoms with van der Waals surface area (Å²) in [6, 6.07) is 8.20. The summed E-state index contributed by atoms with van der Waals surface area (Å²) >= 11 is 0. The Kier molecular flexibility index (Phi) is 3.82. The fourth-order valence-corrected chi connectivity index (χ4v) is 2.41. The Balaban J connectivity index is 1.96. The van der Waals surface area contributed by atoms with E-state index >= 15 is 0 Å². The molecule has 1 fully saturated rings. The normalized spacial score (nSPS) is 17.5. The quantitative estimate of drug-likeness (QED) is 0.844. The first-order valence-electron chi connectivity index (χ1n) is 6.43.